The first-order chi connectivity index (χ1) is 12.6. The van der Waals surface area contributed by atoms with E-state index in [1.54, 1.807) is 0 Å². The second-order valence-corrected chi connectivity index (χ2v) is 8.17. The molecule has 1 saturated heterocycles. The Bertz CT molecular complexity index is 667. The normalized spacial score (nSPS) is 28.5. The van der Waals surface area contributed by atoms with Crippen molar-refractivity contribution in [3.63, 3.8) is 0 Å². The summed E-state index contributed by atoms with van der Waals surface area (Å²) in [5.74, 6) is 3.21. The van der Waals surface area contributed by atoms with Crippen molar-refractivity contribution in [3.8, 4) is 0 Å². The van der Waals surface area contributed by atoms with E-state index >= 15 is 0 Å². The molecule has 0 radical (unpaired) electrons. The zero-order valence-corrected chi connectivity index (χ0v) is 15.5. The summed E-state index contributed by atoms with van der Waals surface area (Å²) in [6.07, 6.45) is 6.14. The number of furan rings is 1. The summed E-state index contributed by atoms with van der Waals surface area (Å²) in [4.78, 5) is 26.7. The lowest BCUT2D eigenvalue weighted by Crippen LogP contribution is -2.48. The average molecular weight is 359 g/mol. The number of rotatable bonds is 7. The topological polar surface area (TPSA) is 74.6 Å². The third-order valence-electron chi connectivity index (χ3n) is 5.80. The van der Waals surface area contributed by atoms with E-state index < -0.39 is 6.04 Å². The van der Waals surface area contributed by atoms with E-state index in [0.29, 0.717) is 31.6 Å². The molecule has 142 valence electrons. The van der Waals surface area contributed by atoms with Crippen molar-refractivity contribution in [2.75, 3.05) is 13.1 Å². The van der Waals surface area contributed by atoms with E-state index in [9.17, 15) is 9.59 Å². The monoisotopic (exact) mass is 359 g/mol. The van der Waals surface area contributed by atoms with E-state index in [0.717, 1.165) is 49.5 Å². The molecule has 0 aromatic carbocycles. The SMILES string of the molecule is C[C@@H]1C[C@H]1c1ccc(CN(CC(=O)N[C@H]2CCCCNC2=O)C2CC2)o1. The quantitative estimate of drug-likeness (QED) is 0.782. The van der Waals surface area contributed by atoms with Crippen molar-refractivity contribution >= 4 is 11.8 Å². The van der Waals surface area contributed by atoms with E-state index in [2.05, 4.69) is 28.5 Å². The molecule has 2 saturated carbocycles. The summed E-state index contributed by atoms with van der Waals surface area (Å²) >= 11 is 0. The zero-order chi connectivity index (χ0) is 18.1. The molecular weight excluding hydrogens is 330 g/mol. The Morgan fingerprint density at radius 3 is 2.85 bits per heavy atom. The molecule has 26 heavy (non-hydrogen) atoms. The molecule has 6 heteroatoms. The van der Waals surface area contributed by atoms with Gasteiger partial charge in [0.25, 0.3) is 0 Å². The maximum absolute atomic E-state index is 12.5. The minimum atomic E-state index is -0.391. The molecule has 3 aliphatic rings. The summed E-state index contributed by atoms with van der Waals surface area (Å²) in [6, 6.07) is 4.20. The first kappa shape index (κ1) is 17.6. The molecule has 0 bridgehead atoms. The molecule has 1 aromatic heterocycles. The molecular formula is C20H29N3O3. The third-order valence-corrected chi connectivity index (χ3v) is 5.80. The molecule has 1 aromatic rings. The lowest BCUT2D eigenvalue weighted by molar-refractivity contribution is -0.129. The fourth-order valence-electron chi connectivity index (χ4n) is 3.85. The van der Waals surface area contributed by atoms with Crippen LogP contribution in [-0.2, 0) is 16.1 Å². The van der Waals surface area contributed by atoms with Gasteiger partial charge in [-0.25, -0.2) is 0 Å². The summed E-state index contributed by atoms with van der Waals surface area (Å²) in [5, 5.41) is 5.79. The second kappa shape index (κ2) is 7.43. The second-order valence-electron chi connectivity index (χ2n) is 8.17. The van der Waals surface area contributed by atoms with Gasteiger partial charge < -0.3 is 15.1 Å². The molecule has 1 aliphatic heterocycles. The molecule has 2 aliphatic carbocycles. The van der Waals surface area contributed by atoms with Gasteiger partial charge in [-0.15, -0.1) is 0 Å². The molecule has 2 N–H and O–H groups in total. The van der Waals surface area contributed by atoms with Gasteiger partial charge in [0.15, 0.2) is 0 Å². The van der Waals surface area contributed by atoms with Gasteiger partial charge in [0.05, 0.1) is 13.1 Å². The highest BCUT2D eigenvalue weighted by molar-refractivity contribution is 5.88. The van der Waals surface area contributed by atoms with Crippen LogP contribution in [0.4, 0.5) is 0 Å². The summed E-state index contributed by atoms with van der Waals surface area (Å²) < 4.78 is 6.01. The van der Waals surface area contributed by atoms with Crippen molar-refractivity contribution in [2.24, 2.45) is 5.92 Å². The van der Waals surface area contributed by atoms with E-state index in [1.165, 1.54) is 6.42 Å². The van der Waals surface area contributed by atoms with Crippen molar-refractivity contribution in [1.29, 1.82) is 0 Å². The summed E-state index contributed by atoms with van der Waals surface area (Å²) in [6.45, 7) is 3.94. The number of hydrogen-bond donors (Lipinski definition) is 2. The number of carbonyl (C=O) groups is 2. The molecule has 3 fully saturated rings. The van der Waals surface area contributed by atoms with Crippen LogP contribution in [0.5, 0.6) is 0 Å². The minimum Gasteiger partial charge on any atom is -0.464 e. The van der Waals surface area contributed by atoms with Gasteiger partial charge in [0.1, 0.15) is 17.6 Å². The third kappa shape index (κ3) is 4.29. The standard InChI is InChI=1S/C20H29N3O3/c1-13-10-16(13)18-8-7-15(26-18)11-23(14-5-6-14)12-19(24)22-17-4-2-3-9-21-20(17)25/h7-8,13-14,16-17H,2-6,9-12H2,1H3,(H,21,25)(H,22,24)/t13-,16-,17+/m1/s1. The van der Waals surface area contributed by atoms with Crippen LogP contribution in [0.15, 0.2) is 16.5 Å². The van der Waals surface area contributed by atoms with Crippen molar-refractivity contribution < 1.29 is 14.0 Å². The fraction of sp³-hybridized carbons (Fsp3) is 0.700. The number of carbonyl (C=O) groups excluding carboxylic acids is 2. The zero-order valence-electron chi connectivity index (χ0n) is 15.5. The Balaban J connectivity index is 1.32. The van der Waals surface area contributed by atoms with Gasteiger partial charge >= 0.3 is 0 Å². The van der Waals surface area contributed by atoms with Crippen molar-refractivity contribution in [3.05, 3.63) is 23.7 Å². The van der Waals surface area contributed by atoms with Crippen LogP contribution in [0.2, 0.25) is 0 Å². The highest BCUT2D eigenvalue weighted by atomic mass is 16.3. The summed E-state index contributed by atoms with van der Waals surface area (Å²) in [7, 11) is 0. The van der Waals surface area contributed by atoms with Crippen LogP contribution in [-0.4, -0.2) is 41.9 Å². The van der Waals surface area contributed by atoms with Crippen LogP contribution in [0, 0.1) is 5.92 Å². The van der Waals surface area contributed by atoms with E-state index in [-0.39, 0.29) is 11.8 Å². The van der Waals surface area contributed by atoms with Crippen LogP contribution in [0.1, 0.15) is 62.9 Å². The Morgan fingerprint density at radius 2 is 2.12 bits per heavy atom. The lowest BCUT2D eigenvalue weighted by atomic mass is 10.1. The number of hydrogen-bond acceptors (Lipinski definition) is 4. The van der Waals surface area contributed by atoms with Gasteiger partial charge in [-0.3, -0.25) is 14.5 Å². The maximum atomic E-state index is 12.5. The molecule has 6 nitrogen and oxygen atoms in total. The van der Waals surface area contributed by atoms with Gasteiger partial charge in [-0.05, 0) is 56.6 Å². The molecule has 0 unspecified atom stereocenters. The molecule has 0 spiro atoms. The molecule has 3 atom stereocenters. The number of nitrogens with zero attached hydrogens (tertiary/aromatic N) is 1. The lowest BCUT2D eigenvalue weighted by Gasteiger charge is -2.22. The predicted octanol–water partition coefficient (Wildman–Crippen LogP) is 2.15. The van der Waals surface area contributed by atoms with Gasteiger partial charge in [0.2, 0.25) is 11.8 Å². The minimum absolute atomic E-state index is 0.0527. The van der Waals surface area contributed by atoms with E-state index in [1.807, 2.05) is 6.07 Å². The van der Waals surface area contributed by atoms with Crippen LogP contribution >= 0.6 is 0 Å². The van der Waals surface area contributed by atoms with E-state index in [4.69, 9.17) is 4.42 Å². The fourth-order valence-corrected chi connectivity index (χ4v) is 3.85. The number of nitrogens with one attached hydrogen (secondary N) is 2. The van der Waals surface area contributed by atoms with Crippen LogP contribution in [0.25, 0.3) is 0 Å². The Labute approximate surface area is 154 Å². The molecule has 2 amide bonds. The first-order valence-electron chi connectivity index (χ1n) is 10.00. The summed E-state index contributed by atoms with van der Waals surface area (Å²) in [5.41, 5.74) is 0. The molecule has 2 heterocycles. The van der Waals surface area contributed by atoms with Gasteiger partial charge in [-0.2, -0.15) is 0 Å². The van der Waals surface area contributed by atoms with Crippen LogP contribution in [0.3, 0.4) is 0 Å². The highest BCUT2D eigenvalue weighted by Gasteiger charge is 2.37. The number of amides is 2. The average Bonchev–Trinajstić information content (AvgIpc) is 3.52. The predicted molar refractivity (Wildman–Crippen MR) is 97.5 cm³/mol. The molecule has 4 rings (SSSR count). The Morgan fingerprint density at radius 1 is 1.31 bits per heavy atom. The first-order valence-corrected chi connectivity index (χ1v) is 10.00. The van der Waals surface area contributed by atoms with Gasteiger partial charge in [-0.1, -0.05) is 6.92 Å². The highest BCUT2D eigenvalue weighted by Crippen LogP contribution is 2.47. The Kier molecular flexibility index (Phi) is 5.02. The van der Waals surface area contributed by atoms with Crippen LogP contribution < -0.4 is 10.6 Å². The Hall–Kier alpha value is -1.82. The smallest absolute Gasteiger partial charge is 0.242 e. The van der Waals surface area contributed by atoms with Gasteiger partial charge in [0, 0.05) is 18.5 Å². The largest absolute Gasteiger partial charge is 0.464 e. The maximum Gasteiger partial charge on any atom is 0.242 e. The van der Waals surface area contributed by atoms with Crippen molar-refractivity contribution in [1.82, 2.24) is 15.5 Å². The van der Waals surface area contributed by atoms with Crippen molar-refractivity contribution in [2.45, 2.75) is 70.0 Å².